The number of nitrogens with zero attached hydrogens (tertiary/aromatic N) is 2. The number of hydrogen-bond donors (Lipinski definition) is 0. The van der Waals surface area contributed by atoms with Crippen molar-refractivity contribution in [3.05, 3.63) is 117 Å². The lowest BCUT2D eigenvalue weighted by molar-refractivity contribution is -0.771. The fourth-order valence-electron chi connectivity index (χ4n) is 3.94. The molecule has 0 saturated carbocycles. The van der Waals surface area contributed by atoms with Crippen LogP contribution in [0.4, 0.5) is 0 Å². The van der Waals surface area contributed by atoms with E-state index >= 15 is 0 Å². The highest BCUT2D eigenvalue weighted by Gasteiger charge is 2.56. The van der Waals surface area contributed by atoms with Gasteiger partial charge in [0.15, 0.2) is 0 Å². The van der Waals surface area contributed by atoms with Gasteiger partial charge in [-0.3, -0.25) is 14.4 Å². The van der Waals surface area contributed by atoms with E-state index in [-0.39, 0.29) is 25.1 Å². The summed E-state index contributed by atoms with van der Waals surface area (Å²) in [5, 5.41) is 10.3. The normalized spacial score (nSPS) is 17.1. The third kappa shape index (κ3) is 4.02. The van der Waals surface area contributed by atoms with Crippen LogP contribution in [0.15, 0.2) is 84.9 Å². The first-order valence-corrected chi connectivity index (χ1v) is 9.83. The smallest absolute Gasteiger partial charge is 0.296 e. The molecule has 31 heavy (non-hydrogen) atoms. The summed E-state index contributed by atoms with van der Waals surface area (Å²) in [6, 6.07) is 25.2. The second kappa shape index (κ2) is 8.39. The Balaban J connectivity index is 1.74. The molecule has 0 saturated heterocycles. The maximum absolute atomic E-state index is 13.8. The van der Waals surface area contributed by atoms with Crippen molar-refractivity contribution in [2.24, 2.45) is 0 Å². The predicted octanol–water partition coefficient (Wildman–Crippen LogP) is 3.60. The van der Waals surface area contributed by atoms with Gasteiger partial charge < -0.3 is 4.90 Å². The maximum Gasteiger partial charge on any atom is 0.296 e. The van der Waals surface area contributed by atoms with Crippen LogP contribution in [-0.2, 0) is 29.1 Å². The van der Waals surface area contributed by atoms with E-state index < -0.39 is 22.4 Å². The van der Waals surface area contributed by atoms with Crippen molar-refractivity contribution in [1.29, 1.82) is 0 Å². The van der Waals surface area contributed by atoms with E-state index in [9.17, 15) is 19.7 Å². The molecule has 7 heteroatoms. The SMILES string of the molecule is O=C1c2ccccc2C[C@]1(O[N+](=O)[O-])C(=O)N(Cc1ccccc1)Cc1ccccc1. The molecule has 0 aromatic heterocycles. The van der Waals surface area contributed by atoms with Gasteiger partial charge in [-0.2, -0.15) is 0 Å². The van der Waals surface area contributed by atoms with Crippen LogP contribution in [0.25, 0.3) is 0 Å². The summed E-state index contributed by atoms with van der Waals surface area (Å²) in [5.41, 5.74) is 0.285. The van der Waals surface area contributed by atoms with Gasteiger partial charge in [-0.1, -0.05) is 84.9 Å². The minimum Gasteiger partial charge on any atom is -0.331 e. The zero-order chi connectivity index (χ0) is 21.8. The summed E-state index contributed by atoms with van der Waals surface area (Å²) in [4.78, 5) is 44.7. The van der Waals surface area contributed by atoms with Crippen LogP contribution in [0.2, 0.25) is 0 Å². The van der Waals surface area contributed by atoms with Gasteiger partial charge in [0.2, 0.25) is 5.78 Å². The van der Waals surface area contributed by atoms with Gasteiger partial charge in [0.05, 0.1) is 0 Å². The van der Waals surface area contributed by atoms with Crippen LogP contribution in [0.3, 0.4) is 0 Å². The predicted molar refractivity (Wildman–Crippen MR) is 112 cm³/mol. The molecule has 1 aliphatic carbocycles. The van der Waals surface area contributed by atoms with Crippen LogP contribution < -0.4 is 0 Å². The molecule has 1 aliphatic rings. The number of rotatable bonds is 7. The van der Waals surface area contributed by atoms with Gasteiger partial charge in [0.1, 0.15) is 0 Å². The summed E-state index contributed by atoms with van der Waals surface area (Å²) in [6.07, 6.45) is -0.179. The third-order valence-corrected chi connectivity index (χ3v) is 5.36. The van der Waals surface area contributed by atoms with E-state index in [1.807, 2.05) is 60.7 Å². The number of hydrogen-bond acceptors (Lipinski definition) is 5. The molecule has 4 rings (SSSR count). The molecule has 1 atom stereocenters. The van der Waals surface area contributed by atoms with E-state index in [1.165, 1.54) is 4.90 Å². The lowest BCUT2D eigenvalue weighted by atomic mass is 9.96. The van der Waals surface area contributed by atoms with Gasteiger partial charge in [0.25, 0.3) is 16.6 Å². The largest absolute Gasteiger partial charge is 0.331 e. The molecule has 0 fully saturated rings. The van der Waals surface area contributed by atoms with Crippen LogP contribution in [0, 0.1) is 10.1 Å². The molecule has 3 aromatic carbocycles. The van der Waals surface area contributed by atoms with Crippen LogP contribution in [0.1, 0.15) is 27.0 Å². The first kappa shape index (κ1) is 20.3. The molecule has 156 valence electrons. The molecular formula is C24H20N2O5. The lowest BCUT2D eigenvalue weighted by Crippen LogP contribution is -2.55. The van der Waals surface area contributed by atoms with Gasteiger partial charge >= 0.3 is 0 Å². The molecule has 0 aliphatic heterocycles. The molecule has 3 aromatic rings. The fraction of sp³-hybridized carbons (Fsp3) is 0.167. The van der Waals surface area contributed by atoms with E-state index in [0.29, 0.717) is 5.56 Å². The Labute approximate surface area is 179 Å². The average Bonchev–Trinajstić information content (AvgIpc) is 3.06. The second-order valence-electron chi connectivity index (χ2n) is 7.44. The molecule has 0 unspecified atom stereocenters. The number of ketones is 1. The third-order valence-electron chi connectivity index (χ3n) is 5.36. The van der Waals surface area contributed by atoms with E-state index in [0.717, 1.165) is 11.1 Å². The zero-order valence-electron chi connectivity index (χ0n) is 16.6. The molecule has 0 heterocycles. The Kier molecular flexibility index (Phi) is 5.49. The maximum atomic E-state index is 13.8. The second-order valence-corrected chi connectivity index (χ2v) is 7.44. The molecule has 0 radical (unpaired) electrons. The highest BCUT2D eigenvalue weighted by atomic mass is 17.0. The van der Waals surface area contributed by atoms with E-state index in [1.54, 1.807) is 24.3 Å². The van der Waals surface area contributed by atoms with Crippen molar-refractivity contribution in [3.63, 3.8) is 0 Å². The minimum atomic E-state index is -2.23. The lowest BCUT2D eigenvalue weighted by Gasteiger charge is -2.31. The Morgan fingerprint density at radius 2 is 1.42 bits per heavy atom. The molecule has 0 spiro atoms. The van der Waals surface area contributed by atoms with Gasteiger partial charge in [0, 0.05) is 25.1 Å². The number of carbonyl (C=O) groups excluding carboxylic acids is 2. The first-order chi connectivity index (χ1) is 15.0. The highest BCUT2D eigenvalue weighted by molar-refractivity contribution is 6.20. The van der Waals surface area contributed by atoms with E-state index in [4.69, 9.17) is 4.84 Å². The van der Waals surface area contributed by atoms with Crippen molar-refractivity contribution in [2.75, 3.05) is 0 Å². The molecular weight excluding hydrogens is 396 g/mol. The van der Waals surface area contributed by atoms with Crippen molar-refractivity contribution < 1.29 is 19.5 Å². The number of benzene rings is 3. The van der Waals surface area contributed by atoms with Gasteiger partial charge in [-0.25, -0.2) is 0 Å². The topological polar surface area (TPSA) is 89.7 Å². The van der Waals surface area contributed by atoms with Gasteiger partial charge in [-0.05, 0) is 16.7 Å². The number of carbonyl (C=O) groups is 2. The van der Waals surface area contributed by atoms with Crippen LogP contribution in [-0.4, -0.2) is 27.3 Å². The van der Waals surface area contributed by atoms with Crippen molar-refractivity contribution in [1.82, 2.24) is 4.90 Å². The Morgan fingerprint density at radius 3 is 1.94 bits per heavy atom. The Hall–Kier alpha value is -4.00. The van der Waals surface area contributed by atoms with E-state index in [2.05, 4.69) is 0 Å². The van der Waals surface area contributed by atoms with Crippen molar-refractivity contribution in [3.8, 4) is 0 Å². The fourth-order valence-corrected chi connectivity index (χ4v) is 3.94. The first-order valence-electron chi connectivity index (χ1n) is 9.83. The van der Waals surface area contributed by atoms with Crippen LogP contribution in [0.5, 0.6) is 0 Å². The standard InChI is InChI=1S/C24H20N2O5/c27-22-21-14-8-7-13-20(21)15-24(22,31-26(29)30)23(28)25(16-18-9-3-1-4-10-18)17-19-11-5-2-6-12-19/h1-14H,15-17H2/t24-/m1/s1. The van der Waals surface area contributed by atoms with Crippen molar-refractivity contribution in [2.45, 2.75) is 25.1 Å². The monoisotopic (exact) mass is 416 g/mol. The summed E-state index contributed by atoms with van der Waals surface area (Å²) < 4.78 is 0. The summed E-state index contributed by atoms with van der Waals surface area (Å²) in [7, 11) is 0. The Bertz CT molecular complexity index is 1080. The van der Waals surface area contributed by atoms with Crippen molar-refractivity contribution >= 4 is 11.7 Å². The molecule has 1 amide bonds. The number of Topliss-reactive ketones (excluding diaryl/α,β-unsaturated/α-hetero) is 1. The summed E-state index contributed by atoms with van der Waals surface area (Å²) in [6.45, 7) is 0.363. The Morgan fingerprint density at radius 1 is 0.903 bits per heavy atom. The molecule has 7 nitrogen and oxygen atoms in total. The number of fused-ring (bicyclic) bond motifs is 1. The highest BCUT2D eigenvalue weighted by Crippen LogP contribution is 2.35. The van der Waals surface area contributed by atoms with Gasteiger partial charge in [-0.15, -0.1) is 10.1 Å². The summed E-state index contributed by atoms with van der Waals surface area (Å²) >= 11 is 0. The number of amides is 1. The van der Waals surface area contributed by atoms with Crippen LogP contribution >= 0.6 is 0 Å². The minimum absolute atomic E-state index is 0.179. The molecule has 0 bridgehead atoms. The quantitative estimate of drug-likeness (QED) is 0.333. The average molecular weight is 416 g/mol. The molecule has 0 N–H and O–H groups in total. The summed E-state index contributed by atoms with van der Waals surface area (Å²) in [5.74, 6) is -1.41. The zero-order valence-corrected chi connectivity index (χ0v) is 16.6.